The Labute approximate surface area is 182 Å². The lowest BCUT2D eigenvalue weighted by molar-refractivity contribution is -0.127. The third kappa shape index (κ3) is 5.36. The molecule has 0 aliphatic carbocycles. The Kier molecular flexibility index (Phi) is 6.11. The van der Waals surface area contributed by atoms with Gasteiger partial charge in [0, 0.05) is 66.7 Å². The highest BCUT2D eigenvalue weighted by atomic mass is 16.2. The summed E-state index contributed by atoms with van der Waals surface area (Å²) in [6.07, 6.45) is 9.08. The van der Waals surface area contributed by atoms with Crippen molar-refractivity contribution in [1.29, 1.82) is 0 Å². The van der Waals surface area contributed by atoms with Crippen LogP contribution in [0.4, 0.5) is 11.5 Å². The second-order valence-corrected chi connectivity index (χ2v) is 8.12. The van der Waals surface area contributed by atoms with Crippen molar-refractivity contribution in [3.05, 3.63) is 71.4 Å². The minimum absolute atomic E-state index is 0.0310. The fourth-order valence-corrected chi connectivity index (χ4v) is 3.95. The monoisotopic (exact) mass is 416 g/mol. The van der Waals surface area contributed by atoms with Gasteiger partial charge in [0.05, 0.1) is 6.20 Å². The first-order valence-electron chi connectivity index (χ1n) is 10.6. The molecule has 1 fully saturated rings. The molecule has 0 spiro atoms. The fraction of sp³-hybridized carbons (Fsp3) is 0.333. The molecule has 3 aromatic rings. The third-order valence-electron chi connectivity index (χ3n) is 5.43. The van der Waals surface area contributed by atoms with Gasteiger partial charge in [-0.05, 0) is 57.0 Å². The Balaban J connectivity index is 1.46. The van der Waals surface area contributed by atoms with Crippen molar-refractivity contribution in [3.8, 4) is 0 Å². The van der Waals surface area contributed by atoms with Crippen LogP contribution in [0.1, 0.15) is 41.4 Å². The van der Waals surface area contributed by atoms with Gasteiger partial charge >= 0.3 is 0 Å². The number of amides is 1. The highest BCUT2D eigenvalue weighted by Crippen LogP contribution is 2.29. The van der Waals surface area contributed by atoms with Gasteiger partial charge < -0.3 is 10.2 Å². The number of aromatic nitrogens is 4. The topological polar surface area (TPSA) is 75.9 Å². The molecule has 160 valence electrons. The number of nitrogens with one attached hydrogen (secondary N) is 1. The van der Waals surface area contributed by atoms with Gasteiger partial charge in [-0.1, -0.05) is 6.07 Å². The Morgan fingerprint density at radius 3 is 2.84 bits per heavy atom. The van der Waals surface area contributed by atoms with E-state index in [-0.39, 0.29) is 11.8 Å². The Morgan fingerprint density at radius 1 is 1.19 bits per heavy atom. The zero-order valence-electron chi connectivity index (χ0n) is 18.2. The van der Waals surface area contributed by atoms with Crippen LogP contribution in [0.5, 0.6) is 0 Å². The minimum atomic E-state index is 0.0310. The maximum Gasteiger partial charge on any atom is 0.246 e. The number of pyridine rings is 2. The van der Waals surface area contributed by atoms with Gasteiger partial charge in [-0.3, -0.25) is 14.5 Å². The largest absolute Gasteiger partial charge is 0.340 e. The van der Waals surface area contributed by atoms with Crippen LogP contribution >= 0.6 is 0 Å². The highest BCUT2D eigenvalue weighted by Gasteiger charge is 2.25. The van der Waals surface area contributed by atoms with Crippen LogP contribution in [-0.4, -0.2) is 43.6 Å². The molecule has 1 amide bonds. The van der Waals surface area contributed by atoms with E-state index in [2.05, 4.69) is 21.5 Å². The molecular weight excluding hydrogens is 388 g/mol. The van der Waals surface area contributed by atoms with Crippen molar-refractivity contribution < 1.29 is 4.79 Å². The molecule has 1 aliphatic rings. The summed E-state index contributed by atoms with van der Waals surface area (Å²) in [4.78, 5) is 24.0. The van der Waals surface area contributed by atoms with Gasteiger partial charge in [-0.2, -0.15) is 5.10 Å². The van der Waals surface area contributed by atoms with E-state index in [1.54, 1.807) is 17.0 Å². The highest BCUT2D eigenvalue weighted by molar-refractivity contribution is 5.91. The number of hydrogen-bond donors (Lipinski definition) is 1. The van der Waals surface area contributed by atoms with Crippen LogP contribution in [-0.2, 0) is 11.8 Å². The van der Waals surface area contributed by atoms with Crippen molar-refractivity contribution in [2.24, 2.45) is 7.05 Å². The van der Waals surface area contributed by atoms with E-state index >= 15 is 0 Å². The number of piperidine rings is 1. The maximum atomic E-state index is 12.7. The molecule has 0 saturated carbocycles. The molecule has 3 aromatic heterocycles. The zero-order valence-corrected chi connectivity index (χ0v) is 18.2. The molecule has 31 heavy (non-hydrogen) atoms. The van der Waals surface area contributed by atoms with Crippen LogP contribution in [0.3, 0.4) is 0 Å². The second kappa shape index (κ2) is 9.12. The lowest BCUT2D eigenvalue weighted by Crippen LogP contribution is -2.38. The Hall–Kier alpha value is -3.48. The molecular formula is C24H28N6O. The number of anilines is 2. The first kappa shape index (κ1) is 20.8. The average Bonchev–Trinajstić information content (AvgIpc) is 3.17. The van der Waals surface area contributed by atoms with Crippen LogP contribution in [0, 0.1) is 13.8 Å². The number of hydrogen-bond acceptors (Lipinski definition) is 5. The molecule has 7 heteroatoms. The Morgan fingerprint density at radius 2 is 2.06 bits per heavy atom. The van der Waals surface area contributed by atoms with Gasteiger partial charge in [-0.15, -0.1) is 0 Å². The van der Waals surface area contributed by atoms with Crippen LogP contribution in [0.25, 0.3) is 6.08 Å². The van der Waals surface area contributed by atoms with E-state index in [0.29, 0.717) is 6.54 Å². The summed E-state index contributed by atoms with van der Waals surface area (Å²) in [6, 6.07) is 10.0. The number of likely N-dealkylation sites (tertiary alicyclic amines) is 1. The minimum Gasteiger partial charge on any atom is -0.340 e. The fourth-order valence-electron chi connectivity index (χ4n) is 3.95. The van der Waals surface area contributed by atoms with E-state index < -0.39 is 0 Å². The third-order valence-corrected chi connectivity index (χ3v) is 5.43. The number of rotatable bonds is 5. The summed E-state index contributed by atoms with van der Waals surface area (Å²) in [7, 11) is 1.86. The molecule has 1 atom stereocenters. The molecule has 0 radical (unpaired) electrons. The first-order valence-corrected chi connectivity index (χ1v) is 10.6. The molecule has 1 aliphatic heterocycles. The van der Waals surface area contributed by atoms with Crippen molar-refractivity contribution in [2.45, 2.75) is 32.6 Å². The lowest BCUT2D eigenvalue weighted by Gasteiger charge is -2.32. The summed E-state index contributed by atoms with van der Waals surface area (Å²) in [5, 5.41) is 7.52. The second-order valence-electron chi connectivity index (χ2n) is 8.12. The first-order chi connectivity index (χ1) is 15.0. The number of aryl methyl sites for hydroxylation is 3. The van der Waals surface area contributed by atoms with Crippen molar-refractivity contribution >= 4 is 23.5 Å². The summed E-state index contributed by atoms with van der Waals surface area (Å²) >= 11 is 0. The van der Waals surface area contributed by atoms with E-state index in [1.807, 2.05) is 62.3 Å². The summed E-state index contributed by atoms with van der Waals surface area (Å²) < 4.78 is 1.72. The molecule has 1 saturated heterocycles. The summed E-state index contributed by atoms with van der Waals surface area (Å²) in [6.45, 7) is 5.43. The molecule has 1 N–H and O–H groups in total. The van der Waals surface area contributed by atoms with Crippen molar-refractivity contribution in [3.63, 3.8) is 0 Å². The van der Waals surface area contributed by atoms with Gasteiger partial charge in [-0.25, -0.2) is 4.98 Å². The summed E-state index contributed by atoms with van der Waals surface area (Å²) in [5.41, 5.74) is 4.83. The van der Waals surface area contributed by atoms with Gasteiger partial charge in [0.1, 0.15) is 5.82 Å². The van der Waals surface area contributed by atoms with Crippen LogP contribution < -0.4 is 5.32 Å². The number of nitrogens with zero attached hydrogens (tertiary/aromatic N) is 5. The number of carbonyl (C=O) groups excluding carboxylic acids is 1. The van der Waals surface area contributed by atoms with E-state index in [1.165, 1.54) is 0 Å². The molecule has 4 rings (SSSR count). The quantitative estimate of drug-likeness (QED) is 0.637. The molecule has 0 bridgehead atoms. The average molecular weight is 417 g/mol. The smallest absolute Gasteiger partial charge is 0.246 e. The standard InChI is InChI=1S/C24H28N6O/c1-17-6-4-8-23(27-17)28-21-12-18(2)26-22(13-21)20-7-5-11-30(16-20)24(31)10-9-19-14-25-29(3)15-19/h4,6,8-10,12-15,20H,5,7,11,16H2,1-3H3,(H,26,27,28)/b10-9+. The van der Waals surface area contributed by atoms with Gasteiger partial charge in [0.15, 0.2) is 0 Å². The van der Waals surface area contributed by atoms with Gasteiger partial charge in [0.2, 0.25) is 5.91 Å². The van der Waals surface area contributed by atoms with Crippen molar-refractivity contribution in [2.75, 3.05) is 18.4 Å². The van der Waals surface area contributed by atoms with Gasteiger partial charge in [0.25, 0.3) is 0 Å². The molecule has 7 nitrogen and oxygen atoms in total. The van der Waals surface area contributed by atoms with Crippen molar-refractivity contribution in [1.82, 2.24) is 24.6 Å². The van der Waals surface area contributed by atoms with Crippen LogP contribution in [0.2, 0.25) is 0 Å². The SMILES string of the molecule is Cc1cccc(Nc2cc(C)nc(C3CCCN(C(=O)/C=C/c4cnn(C)c4)C3)c2)n1. The van der Waals surface area contributed by atoms with Crippen LogP contribution in [0.15, 0.2) is 48.8 Å². The van der Waals surface area contributed by atoms with E-state index in [4.69, 9.17) is 4.98 Å². The van der Waals surface area contributed by atoms with E-state index in [0.717, 1.165) is 53.5 Å². The lowest BCUT2D eigenvalue weighted by atomic mass is 9.93. The predicted octanol–water partition coefficient (Wildman–Crippen LogP) is 3.99. The number of carbonyl (C=O) groups is 1. The zero-order chi connectivity index (χ0) is 21.8. The summed E-state index contributed by atoms with van der Waals surface area (Å²) in [5.74, 6) is 1.07. The predicted molar refractivity (Wildman–Crippen MR) is 122 cm³/mol. The van der Waals surface area contributed by atoms with E-state index in [9.17, 15) is 4.79 Å². The maximum absolute atomic E-state index is 12.7. The Bertz CT molecular complexity index is 1100. The molecule has 4 heterocycles. The molecule has 1 unspecified atom stereocenters. The molecule has 0 aromatic carbocycles. The normalized spacial score (nSPS) is 16.6.